The highest BCUT2D eigenvalue weighted by molar-refractivity contribution is 5.80. The van der Waals surface area contributed by atoms with Gasteiger partial charge in [0, 0.05) is 18.2 Å². The van der Waals surface area contributed by atoms with Crippen molar-refractivity contribution >= 4 is 16.9 Å². The van der Waals surface area contributed by atoms with E-state index in [-0.39, 0.29) is 28.7 Å². The molecule has 1 saturated carbocycles. The summed E-state index contributed by atoms with van der Waals surface area (Å²) in [7, 11) is 0. The molecule has 8 nitrogen and oxygen atoms in total. The normalized spacial score (nSPS) is 19.0. The number of aliphatic hydroxyl groups excluding tert-OH is 1. The molecule has 1 amide bonds. The SMILES string of the molecule is CC(C)C[C@H](O)C(=O)N[C@H]1CC[C@@H](n2c(=O)c3cc(F)cnc3n(-c3ccc(F)c(F)c3)c2=O)CC1. The van der Waals surface area contributed by atoms with Crippen LogP contribution in [0.4, 0.5) is 13.2 Å². The van der Waals surface area contributed by atoms with Gasteiger partial charge < -0.3 is 10.4 Å². The van der Waals surface area contributed by atoms with Gasteiger partial charge in [0.2, 0.25) is 5.91 Å². The van der Waals surface area contributed by atoms with Gasteiger partial charge in [0.15, 0.2) is 17.3 Å². The van der Waals surface area contributed by atoms with Crippen molar-refractivity contribution in [1.29, 1.82) is 0 Å². The van der Waals surface area contributed by atoms with E-state index in [2.05, 4.69) is 10.3 Å². The number of carbonyl (C=O) groups excluding carboxylic acids is 1. The molecular formula is C25H27F3N4O4. The number of hydrogen-bond donors (Lipinski definition) is 2. The summed E-state index contributed by atoms with van der Waals surface area (Å²) in [4.78, 5) is 42.9. The Morgan fingerprint density at radius 1 is 1.11 bits per heavy atom. The van der Waals surface area contributed by atoms with Crippen LogP contribution in [0.5, 0.6) is 0 Å². The number of halogens is 3. The molecule has 0 spiro atoms. The Balaban J connectivity index is 1.68. The zero-order chi connectivity index (χ0) is 26.1. The minimum atomic E-state index is -1.19. The van der Waals surface area contributed by atoms with Crippen LogP contribution in [0.2, 0.25) is 0 Å². The molecule has 192 valence electrons. The van der Waals surface area contributed by atoms with Crippen molar-refractivity contribution in [3.05, 3.63) is 68.8 Å². The molecule has 0 aliphatic heterocycles. The van der Waals surface area contributed by atoms with Gasteiger partial charge in [-0.2, -0.15) is 0 Å². The summed E-state index contributed by atoms with van der Waals surface area (Å²) in [6.45, 7) is 3.80. The predicted molar refractivity (Wildman–Crippen MR) is 126 cm³/mol. The molecule has 1 aliphatic rings. The summed E-state index contributed by atoms with van der Waals surface area (Å²) in [5, 5.41) is 12.7. The number of benzene rings is 1. The lowest BCUT2D eigenvalue weighted by molar-refractivity contribution is -0.131. The summed E-state index contributed by atoms with van der Waals surface area (Å²) in [5.41, 5.74) is -1.77. The standard InChI is InChI=1S/C25H27F3N4O4/c1-13(2)9-21(33)23(34)30-15-3-5-16(6-4-15)32-24(35)18-10-14(26)12-29-22(18)31(25(32)36)17-7-8-19(27)20(28)11-17/h7-8,10-13,15-16,21,33H,3-6,9H2,1-2H3,(H,30,34)/t15-,16+,21-/m0/s1. The number of aromatic nitrogens is 3. The first-order valence-corrected chi connectivity index (χ1v) is 11.8. The number of aliphatic hydroxyl groups is 1. The molecule has 2 N–H and O–H groups in total. The minimum absolute atomic E-state index is 0.0585. The van der Waals surface area contributed by atoms with Crippen LogP contribution in [0, 0.1) is 23.4 Å². The van der Waals surface area contributed by atoms with E-state index in [1.54, 1.807) is 0 Å². The minimum Gasteiger partial charge on any atom is -0.383 e. The van der Waals surface area contributed by atoms with Gasteiger partial charge >= 0.3 is 5.69 Å². The fourth-order valence-corrected chi connectivity index (χ4v) is 4.69. The average molecular weight is 505 g/mol. The largest absolute Gasteiger partial charge is 0.383 e. The predicted octanol–water partition coefficient (Wildman–Crippen LogP) is 2.97. The van der Waals surface area contributed by atoms with Crippen molar-refractivity contribution < 1.29 is 23.1 Å². The first-order chi connectivity index (χ1) is 17.1. The number of nitrogens with zero attached hydrogens (tertiary/aromatic N) is 3. The Kier molecular flexibility index (Phi) is 7.30. The number of pyridine rings is 1. The van der Waals surface area contributed by atoms with Crippen LogP contribution >= 0.6 is 0 Å². The second kappa shape index (κ2) is 10.3. The fraction of sp³-hybridized carbons (Fsp3) is 0.440. The summed E-state index contributed by atoms with van der Waals surface area (Å²) in [5.74, 6) is -3.40. The highest BCUT2D eigenvalue weighted by Gasteiger charge is 2.29. The van der Waals surface area contributed by atoms with Crippen molar-refractivity contribution in [2.75, 3.05) is 0 Å². The molecule has 1 aliphatic carbocycles. The monoisotopic (exact) mass is 504 g/mol. The molecule has 2 aromatic heterocycles. The van der Waals surface area contributed by atoms with Crippen LogP contribution < -0.4 is 16.6 Å². The van der Waals surface area contributed by atoms with Gasteiger partial charge in [-0.25, -0.2) is 27.5 Å². The van der Waals surface area contributed by atoms with Gasteiger partial charge in [-0.1, -0.05) is 13.8 Å². The second-order valence-electron chi connectivity index (χ2n) is 9.58. The van der Waals surface area contributed by atoms with E-state index in [1.807, 2.05) is 13.8 Å². The first-order valence-electron chi connectivity index (χ1n) is 11.8. The summed E-state index contributed by atoms with van der Waals surface area (Å²) in [6.07, 6.45) is 1.66. The first kappa shape index (κ1) is 25.6. The van der Waals surface area contributed by atoms with Crippen molar-refractivity contribution in [1.82, 2.24) is 19.4 Å². The quantitative estimate of drug-likeness (QED) is 0.537. The molecule has 0 unspecified atom stereocenters. The molecule has 0 saturated heterocycles. The van der Waals surface area contributed by atoms with Crippen molar-refractivity contribution in [2.45, 2.75) is 64.1 Å². The summed E-state index contributed by atoms with van der Waals surface area (Å²) >= 11 is 0. The highest BCUT2D eigenvalue weighted by atomic mass is 19.2. The Morgan fingerprint density at radius 2 is 1.81 bits per heavy atom. The second-order valence-corrected chi connectivity index (χ2v) is 9.58. The Labute approximate surface area is 204 Å². The molecule has 1 fully saturated rings. The third-order valence-electron chi connectivity index (χ3n) is 6.46. The van der Waals surface area contributed by atoms with Crippen LogP contribution in [-0.4, -0.2) is 37.3 Å². The lowest BCUT2D eigenvalue weighted by Gasteiger charge is -2.31. The van der Waals surface area contributed by atoms with Crippen molar-refractivity contribution in [2.24, 2.45) is 5.92 Å². The van der Waals surface area contributed by atoms with E-state index in [1.165, 1.54) is 6.07 Å². The van der Waals surface area contributed by atoms with Crippen LogP contribution in [0.3, 0.4) is 0 Å². The van der Waals surface area contributed by atoms with Gasteiger partial charge in [-0.15, -0.1) is 0 Å². The number of nitrogens with one attached hydrogen (secondary N) is 1. The van der Waals surface area contributed by atoms with E-state index in [4.69, 9.17) is 0 Å². The molecule has 1 atom stereocenters. The molecule has 4 rings (SSSR count). The molecule has 0 radical (unpaired) electrons. The number of hydrogen-bond acceptors (Lipinski definition) is 5. The molecule has 3 aromatic rings. The third-order valence-corrected chi connectivity index (χ3v) is 6.46. The molecule has 2 heterocycles. The maximum atomic E-state index is 14.0. The van der Waals surface area contributed by atoms with Gasteiger partial charge in [-0.05, 0) is 56.2 Å². The van der Waals surface area contributed by atoms with Crippen LogP contribution in [-0.2, 0) is 4.79 Å². The van der Waals surface area contributed by atoms with Crippen LogP contribution in [0.25, 0.3) is 16.7 Å². The van der Waals surface area contributed by atoms with Crippen molar-refractivity contribution in [3.8, 4) is 5.69 Å². The third kappa shape index (κ3) is 5.06. The number of amides is 1. The maximum absolute atomic E-state index is 14.0. The number of carbonyl (C=O) groups is 1. The lowest BCUT2D eigenvalue weighted by Crippen LogP contribution is -2.46. The molecule has 0 bridgehead atoms. The topological polar surface area (TPSA) is 106 Å². The Bertz CT molecular complexity index is 1410. The molecule has 36 heavy (non-hydrogen) atoms. The zero-order valence-corrected chi connectivity index (χ0v) is 19.9. The zero-order valence-electron chi connectivity index (χ0n) is 19.9. The lowest BCUT2D eigenvalue weighted by atomic mass is 9.90. The van der Waals surface area contributed by atoms with Crippen LogP contribution in [0.1, 0.15) is 52.0 Å². The van der Waals surface area contributed by atoms with E-state index >= 15 is 0 Å². The van der Waals surface area contributed by atoms with Gasteiger partial charge in [0.25, 0.3) is 5.56 Å². The molecule has 1 aromatic carbocycles. The molecule has 11 heteroatoms. The van der Waals surface area contributed by atoms with Gasteiger partial charge in [0.1, 0.15) is 11.9 Å². The maximum Gasteiger partial charge on any atom is 0.337 e. The Morgan fingerprint density at radius 3 is 2.44 bits per heavy atom. The average Bonchev–Trinajstić information content (AvgIpc) is 2.82. The molecular weight excluding hydrogens is 477 g/mol. The number of rotatable bonds is 6. The fourth-order valence-electron chi connectivity index (χ4n) is 4.69. The van der Waals surface area contributed by atoms with E-state index < -0.39 is 46.8 Å². The summed E-state index contributed by atoms with van der Waals surface area (Å²) in [6, 6.07) is 2.99. The van der Waals surface area contributed by atoms with E-state index in [9.17, 15) is 32.7 Å². The smallest absolute Gasteiger partial charge is 0.337 e. The van der Waals surface area contributed by atoms with E-state index in [0.717, 1.165) is 33.5 Å². The summed E-state index contributed by atoms with van der Waals surface area (Å²) < 4.78 is 43.5. The van der Waals surface area contributed by atoms with Gasteiger partial charge in [-0.3, -0.25) is 14.2 Å². The van der Waals surface area contributed by atoms with Crippen molar-refractivity contribution in [3.63, 3.8) is 0 Å². The number of fused-ring (bicyclic) bond motifs is 1. The highest BCUT2D eigenvalue weighted by Crippen LogP contribution is 2.28. The van der Waals surface area contributed by atoms with Gasteiger partial charge in [0.05, 0.1) is 17.3 Å². The Hall–Kier alpha value is -3.47. The van der Waals surface area contributed by atoms with E-state index in [0.29, 0.717) is 32.1 Å². The van der Waals surface area contributed by atoms with Crippen LogP contribution in [0.15, 0.2) is 40.1 Å².